The number of hydrogen-bond donors (Lipinski definition) is 1. The van der Waals surface area contributed by atoms with Gasteiger partial charge in [0.05, 0.1) is 10.4 Å². The first-order valence-electron chi connectivity index (χ1n) is 6.02. The maximum absolute atomic E-state index is 12.5. The number of carbonyl (C=O) groups is 1. The van der Waals surface area contributed by atoms with Crippen LogP contribution in [-0.4, -0.2) is 41.9 Å². The molecule has 1 aromatic carbocycles. The molecule has 6 nitrogen and oxygen atoms in total. The zero-order valence-corrected chi connectivity index (χ0v) is 11.7. The van der Waals surface area contributed by atoms with Gasteiger partial charge in [0.2, 0.25) is 10.0 Å². The van der Waals surface area contributed by atoms with E-state index in [0.717, 1.165) is 4.31 Å². The molecule has 0 saturated carbocycles. The second-order valence-corrected chi connectivity index (χ2v) is 6.06. The summed E-state index contributed by atoms with van der Waals surface area (Å²) in [4.78, 5) is 15.0. The van der Waals surface area contributed by atoms with Crippen LogP contribution < -0.4 is 0 Å². The lowest BCUT2D eigenvalue weighted by Crippen LogP contribution is -2.35. The lowest BCUT2D eigenvalue weighted by Gasteiger charge is -2.19. The molecular weight excluding hydrogens is 280 g/mol. The number of fused-ring (bicyclic) bond motifs is 1. The van der Waals surface area contributed by atoms with Gasteiger partial charge in [0.25, 0.3) is 0 Å². The van der Waals surface area contributed by atoms with Crippen molar-refractivity contribution in [2.45, 2.75) is 11.8 Å². The second-order valence-electron chi connectivity index (χ2n) is 4.15. The van der Waals surface area contributed by atoms with E-state index >= 15 is 0 Å². The Morgan fingerprint density at radius 1 is 1.30 bits per heavy atom. The van der Waals surface area contributed by atoms with E-state index in [-0.39, 0.29) is 11.4 Å². The molecule has 20 heavy (non-hydrogen) atoms. The Morgan fingerprint density at radius 2 is 2.05 bits per heavy atom. The summed E-state index contributed by atoms with van der Waals surface area (Å²) in [6.07, 6.45) is 1.58. The molecule has 0 spiro atoms. The molecule has 2 aromatic rings. The third-order valence-electron chi connectivity index (χ3n) is 2.89. The number of aliphatic carboxylic acids is 1. The molecule has 0 radical (unpaired) electrons. The topological polar surface area (TPSA) is 87.6 Å². The summed E-state index contributed by atoms with van der Waals surface area (Å²) in [6.45, 7) is 1.13. The maximum atomic E-state index is 12.5. The van der Waals surface area contributed by atoms with Gasteiger partial charge in [-0.3, -0.25) is 9.78 Å². The normalized spacial score (nSPS) is 11.9. The molecule has 0 saturated heterocycles. The molecular formula is C13H14N2O4S. The zero-order chi connectivity index (χ0) is 14.8. The minimum atomic E-state index is -3.86. The first kappa shape index (κ1) is 14.4. The van der Waals surface area contributed by atoms with Crippen LogP contribution in [0.5, 0.6) is 0 Å². The van der Waals surface area contributed by atoms with Crippen LogP contribution in [0.15, 0.2) is 41.4 Å². The SMILES string of the molecule is CCN(CC(=O)O)S(=O)(=O)c1cccc2ncccc12. The molecule has 1 N–H and O–H groups in total. The lowest BCUT2D eigenvalue weighted by atomic mass is 10.2. The summed E-state index contributed by atoms with van der Waals surface area (Å²) in [7, 11) is -3.86. The first-order valence-corrected chi connectivity index (χ1v) is 7.46. The number of aromatic nitrogens is 1. The minimum absolute atomic E-state index is 0.0752. The van der Waals surface area contributed by atoms with Crippen LogP contribution in [0.4, 0.5) is 0 Å². The fraction of sp³-hybridized carbons (Fsp3) is 0.231. The fourth-order valence-electron chi connectivity index (χ4n) is 1.96. The molecule has 1 aromatic heterocycles. The number of likely N-dealkylation sites (N-methyl/N-ethyl adjacent to an activating group) is 1. The average molecular weight is 294 g/mol. The number of sulfonamides is 1. The van der Waals surface area contributed by atoms with Crippen molar-refractivity contribution in [3.63, 3.8) is 0 Å². The summed E-state index contributed by atoms with van der Waals surface area (Å²) < 4.78 is 26.0. The number of nitrogens with zero attached hydrogens (tertiary/aromatic N) is 2. The third kappa shape index (κ3) is 2.63. The molecule has 0 fully saturated rings. The zero-order valence-electron chi connectivity index (χ0n) is 10.9. The van der Waals surface area contributed by atoms with E-state index in [1.165, 1.54) is 6.07 Å². The smallest absolute Gasteiger partial charge is 0.318 e. The number of pyridine rings is 1. The molecule has 0 atom stereocenters. The summed E-state index contributed by atoms with van der Waals surface area (Å²) in [5.74, 6) is -1.19. The van der Waals surface area contributed by atoms with Gasteiger partial charge < -0.3 is 5.11 Å². The van der Waals surface area contributed by atoms with Crippen LogP contribution in [0.25, 0.3) is 10.9 Å². The van der Waals surface area contributed by atoms with Gasteiger partial charge in [-0.1, -0.05) is 13.0 Å². The molecule has 0 aliphatic rings. The van der Waals surface area contributed by atoms with Crippen molar-refractivity contribution in [2.75, 3.05) is 13.1 Å². The maximum Gasteiger partial charge on any atom is 0.318 e. The predicted octanol–water partition coefficient (Wildman–Crippen LogP) is 1.33. The van der Waals surface area contributed by atoms with Gasteiger partial charge >= 0.3 is 5.97 Å². The molecule has 7 heteroatoms. The summed E-state index contributed by atoms with van der Waals surface area (Å²) in [6, 6.07) is 8.07. The minimum Gasteiger partial charge on any atom is -0.480 e. The van der Waals surface area contributed by atoms with Gasteiger partial charge in [-0.2, -0.15) is 4.31 Å². The second kappa shape index (κ2) is 5.56. The number of carboxylic acids is 1. The molecule has 0 unspecified atom stereocenters. The standard InChI is InChI=1S/C13H14N2O4S/c1-2-15(9-13(16)17)20(18,19)12-7-3-6-11-10(12)5-4-8-14-11/h3-8H,2,9H2,1H3,(H,16,17). The highest BCUT2D eigenvalue weighted by atomic mass is 32.2. The van der Waals surface area contributed by atoms with Crippen molar-refractivity contribution in [1.29, 1.82) is 0 Å². The van der Waals surface area contributed by atoms with Gasteiger partial charge in [0, 0.05) is 18.1 Å². The Hall–Kier alpha value is -1.99. The van der Waals surface area contributed by atoms with Crippen molar-refractivity contribution < 1.29 is 18.3 Å². The van der Waals surface area contributed by atoms with Gasteiger partial charge in [-0.05, 0) is 24.3 Å². The predicted molar refractivity (Wildman–Crippen MR) is 73.8 cm³/mol. The van der Waals surface area contributed by atoms with Crippen molar-refractivity contribution in [3.8, 4) is 0 Å². The fourth-order valence-corrected chi connectivity index (χ4v) is 3.56. The quantitative estimate of drug-likeness (QED) is 0.898. The summed E-state index contributed by atoms with van der Waals surface area (Å²) >= 11 is 0. The Labute approximate surface area is 116 Å². The van der Waals surface area contributed by atoms with Crippen molar-refractivity contribution in [1.82, 2.24) is 9.29 Å². The largest absolute Gasteiger partial charge is 0.480 e. The highest BCUT2D eigenvalue weighted by Crippen LogP contribution is 2.24. The molecule has 0 aliphatic heterocycles. The van der Waals surface area contributed by atoms with Crippen LogP contribution in [0, 0.1) is 0 Å². The highest BCUT2D eigenvalue weighted by Gasteiger charge is 2.26. The summed E-state index contributed by atoms with van der Waals surface area (Å²) in [5.41, 5.74) is 0.556. The molecule has 1 heterocycles. The number of carboxylic acid groups (broad SMARTS) is 1. The average Bonchev–Trinajstić information content (AvgIpc) is 2.43. The van der Waals surface area contributed by atoms with E-state index in [0.29, 0.717) is 10.9 Å². The highest BCUT2D eigenvalue weighted by molar-refractivity contribution is 7.89. The Balaban J connectivity index is 2.59. The van der Waals surface area contributed by atoms with Crippen LogP contribution in [0.3, 0.4) is 0 Å². The van der Waals surface area contributed by atoms with E-state index in [1.54, 1.807) is 37.4 Å². The Kier molecular flexibility index (Phi) is 4.01. The number of rotatable bonds is 5. The van der Waals surface area contributed by atoms with E-state index in [4.69, 9.17) is 5.11 Å². The monoisotopic (exact) mass is 294 g/mol. The lowest BCUT2D eigenvalue weighted by molar-refractivity contribution is -0.137. The number of hydrogen-bond acceptors (Lipinski definition) is 4. The van der Waals surface area contributed by atoms with E-state index in [1.807, 2.05) is 0 Å². The van der Waals surface area contributed by atoms with E-state index in [2.05, 4.69) is 4.98 Å². The Bertz CT molecular complexity index is 738. The van der Waals surface area contributed by atoms with Gasteiger partial charge in [-0.25, -0.2) is 8.42 Å². The van der Waals surface area contributed by atoms with Crippen molar-refractivity contribution in [2.24, 2.45) is 0 Å². The van der Waals surface area contributed by atoms with Crippen LogP contribution >= 0.6 is 0 Å². The molecule has 0 bridgehead atoms. The van der Waals surface area contributed by atoms with Gasteiger partial charge in [0.15, 0.2) is 0 Å². The molecule has 0 aliphatic carbocycles. The van der Waals surface area contributed by atoms with Crippen LogP contribution in [0.1, 0.15) is 6.92 Å². The van der Waals surface area contributed by atoms with Crippen LogP contribution in [-0.2, 0) is 14.8 Å². The first-order chi connectivity index (χ1) is 9.46. The molecule has 2 rings (SSSR count). The molecule has 0 amide bonds. The van der Waals surface area contributed by atoms with Gasteiger partial charge in [-0.15, -0.1) is 0 Å². The van der Waals surface area contributed by atoms with Gasteiger partial charge in [0.1, 0.15) is 6.54 Å². The Morgan fingerprint density at radius 3 is 2.70 bits per heavy atom. The van der Waals surface area contributed by atoms with Crippen molar-refractivity contribution >= 4 is 26.9 Å². The van der Waals surface area contributed by atoms with Crippen molar-refractivity contribution in [3.05, 3.63) is 36.5 Å². The summed E-state index contributed by atoms with van der Waals surface area (Å²) in [5, 5.41) is 9.31. The number of benzene rings is 1. The van der Waals surface area contributed by atoms with E-state index in [9.17, 15) is 13.2 Å². The third-order valence-corrected chi connectivity index (χ3v) is 4.87. The van der Waals surface area contributed by atoms with E-state index < -0.39 is 22.5 Å². The van der Waals surface area contributed by atoms with Crippen LogP contribution in [0.2, 0.25) is 0 Å². The molecule has 106 valence electrons.